The molecule has 0 saturated heterocycles. The van der Waals surface area contributed by atoms with Crippen molar-refractivity contribution in [1.29, 1.82) is 0 Å². The van der Waals surface area contributed by atoms with Crippen LogP contribution in [-0.2, 0) is 11.3 Å². The second-order valence-electron chi connectivity index (χ2n) is 4.19. The fourth-order valence-corrected chi connectivity index (χ4v) is 1.88. The van der Waals surface area contributed by atoms with Crippen molar-refractivity contribution in [1.82, 2.24) is 10.2 Å². The lowest BCUT2D eigenvalue weighted by Crippen LogP contribution is -2.30. The van der Waals surface area contributed by atoms with Crippen LogP contribution in [0.2, 0.25) is 0 Å². The first kappa shape index (κ1) is 14.9. The highest BCUT2D eigenvalue weighted by molar-refractivity contribution is 5.50. The first-order valence-corrected chi connectivity index (χ1v) is 6.51. The fourth-order valence-electron chi connectivity index (χ4n) is 1.88. The van der Waals surface area contributed by atoms with Gasteiger partial charge < -0.3 is 15.4 Å². The molecule has 0 fully saturated rings. The highest BCUT2D eigenvalue weighted by Crippen LogP contribution is 2.21. The van der Waals surface area contributed by atoms with E-state index in [1.807, 2.05) is 20.8 Å². The van der Waals surface area contributed by atoms with Gasteiger partial charge in [0.2, 0.25) is 0 Å². The molecule has 18 heavy (non-hydrogen) atoms. The van der Waals surface area contributed by atoms with Gasteiger partial charge in [-0.25, -0.2) is 0 Å². The van der Waals surface area contributed by atoms with E-state index in [4.69, 9.17) is 10.5 Å². The van der Waals surface area contributed by atoms with Crippen LogP contribution < -0.4 is 10.6 Å². The molecule has 0 aliphatic carbocycles. The molecular formula is C13H24N4O. The van der Waals surface area contributed by atoms with Crippen LogP contribution in [0.3, 0.4) is 0 Å². The lowest BCUT2D eigenvalue weighted by molar-refractivity contribution is 0.154. The molecule has 102 valence electrons. The molecule has 2 N–H and O–H groups in total. The number of hydrogen-bond donors (Lipinski definition) is 1. The van der Waals surface area contributed by atoms with Gasteiger partial charge in [0.1, 0.15) is 0 Å². The SMILES string of the molecule is CCOCCN(CC)c1nnc(C)c(C)c1CN. The van der Waals surface area contributed by atoms with E-state index in [9.17, 15) is 0 Å². The number of likely N-dealkylation sites (N-methyl/N-ethyl adjacent to an activating group) is 1. The minimum atomic E-state index is 0.489. The third-order valence-corrected chi connectivity index (χ3v) is 3.16. The number of nitrogens with two attached hydrogens (primary N) is 1. The summed E-state index contributed by atoms with van der Waals surface area (Å²) in [6, 6.07) is 0. The summed E-state index contributed by atoms with van der Waals surface area (Å²) in [6.07, 6.45) is 0. The molecule has 0 radical (unpaired) electrons. The Morgan fingerprint density at radius 1 is 1.22 bits per heavy atom. The van der Waals surface area contributed by atoms with Crippen molar-refractivity contribution in [2.24, 2.45) is 5.73 Å². The molecule has 0 amide bonds. The van der Waals surface area contributed by atoms with E-state index in [1.54, 1.807) is 0 Å². The van der Waals surface area contributed by atoms with E-state index in [0.29, 0.717) is 13.2 Å². The average molecular weight is 252 g/mol. The van der Waals surface area contributed by atoms with Gasteiger partial charge in [0.25, 0.3) is 0 Å². The molecule has 0 bridgehead atoms. The molecule has 0 unspecified atom stereocenters. The molecule has 1 rings (SSSR count). The Morgan fingerprint density at radius 3 is 2.50 bits per heavy atom. The Balaban J connectivity index is 2.94. The van der Waals surface area contributed by atoms with Crippen LogP contribution >= 0.6 is 0 Å². The van der Waals surface area contributed by atoms with E-state index in [0.717, 1.165) is 42.3 Å². The largest absolute Gasteiger partial charge is 0.380 e. The van der Waals surface area contributed by atoms with Crippen LogP contribution in [0, 0.1) is 13.8 Å². The molecule has 0 saturated carbocycles. The van der Waals surface area contributed by atoms with Crippen LogP contribution in [0.25, 0.3) is 0 Å². The first-order valence-electron chi connectivity index (χ1n) is 6.51. The number of hydrogen-bond acceptors (Lipinski definition) is 5. The smallest absolute Gasteiger partial charge is 0.156 e. The summed E-state index contributed by atoms with van der Waals surface area (Å²) in [5, 5.41) is 8.50. The van der Waals surface area contributed by atoms with E-state index in [1.165, 1.54) is 0 Å². The maximum Gasteiger partial charge on any atom is 0.156 e. The molecule has 0 aliphatic heterocycles. The summed E-state index contributed by atoms with van der Waals surface area (Å²) < 4.78 is 5.39. The minimum Gasteiger partial charge on any atom is -0.380 e. The van der Waals surface area contributed by atoms with Crippen LogP contribution in [0.5, 0.6) is 0 Å². The van der Waals surface area contributed by atoms with Gasteiger partial charge in [0.05, 0.1) is 12.3 Å². The highest BCUT2D eigenvalue weighted by atomic mass is 16.5. The van der Waals surface area contributed by atoms with Crippen molar-refractivity contribution in [3.8, 4) is 0 Å². The van der Waals surface area contributed by atoms with Gasteiger partial charge in [0, 0.05) is 31.8 Å². The van der Waals surface area contributed by atoms with Crippen molar-refractivity contribution in [3.63, 3.8) is 0 Å². The second kappa shape index (κ2) is 7.28. The second-order valence-corrected chi connectivity index (χ2v) is 4.19. The summed E-state index contributed by atoms with van der Waals surface area (Å²) in [5.41, 5.74) is 9.01. The topological polar surface area (TPSA) is 64.3 Å². The summed E-state index contributed by atoms with van der Waals surface area (Å²) >= 11 is 0. The Morgan fingerprint density at radius 2 is 1.94 bits per heavy atom. The number of rotatable bonds is 7. The zero-order valence-electron chi connectivity index (χ0n) is 11.9. The predicted octanol–water partition coefficient (Wildman–Crippen LogP) is 1.41. The first-order chi connectivity index (χ1) is 8.65. The number of anilines is 1. The number of aryl methyl sites for hydroxylation is 1. The van der Waals surface area contributed by atoms with Gasteiger partial charge in [-0.3, -0.25) is 0 Å². The van der Waals surface area contributed by atoms with Gasteiger partial charge in [-0.2, -0.15) is 5.10 Å². The summed E-state index contributed by atoms with van der Waals surface area (Å²) in [7, 11) is 0. The van der Waals surface area contributed by atoms with Crippen LogP contribution in [-0.4, -0.2) is 36.5 Å². The molecule has 5 heteroatoms. The number of ether oxygens (including phenoxy) is 1. The minimum absolute atomic E-state index is 0.489. The number of aromatic nitrogens is 2. The van der Waals surface area contributed by atoms with Crippen LogP contribution in [0.1, 0.15) is 30.7 Å². The van der Waals surface area contributed by atoms with Gasteiger partial charge in [0.15, 0.2) is 5.82 Å². The Bertz CT molecular complexity index is 381. The van der Waals surface area contributed by atoms with Gasteiger partial charge >= 0.3 is 0 Å². The Labute approximate surface area is 109 Å². The lowest BCUT2D eigenvalue weighted by atomic mass is 10.1. The molecule has 0 spiro atoms. The maximum atomic E-state index is 5.84. The highest BCUT2D eigenvalue weighted by Gasteiger charge is 2.14. The van der Waals surface area contributed by atoms with Crippen LogP contribution in [0.15, 0.2) is 0 Å². The normalized spacial score (nSPS) is 10.7. The number of nitrogens with zero attached hydrogens (tertiary/aromatic N) is 3. The van der Waals surface area contributed by atoms with Crippen molar-refractivity contribution in [2.45, 2.75) is 34.2 Å². The predicted molar refractivity (Wildman–Crippen MR) is 73.8 cm³/mol. The molecule has 1 aromatic heterocycles. The summed E-state index contributed by atoms with van der Waals surface area (Å²) in [6.45, 7) is 11.7. The fraction of sp³-hybridized carbons (Fsp3) is 0.692. The standard InChI is InChI=1S/C13H24N4O/c1-5-17(7-8-18-6-2)13-12(9-14)10(3)11(4)15-16-13/h5-9,14H2,1-4H3. The third-order valence-electron chi connectivity index (χ3n) is 3.16. The molecule has 0 atom stereocenters. The Kier molecular flexibility index (Phi) is 6.01. The molecular weight excluding hydrogens is 228 g/mol. The summed E-state index contributed by atoms with van der Waals surface area (Å²) in [5.74, 6) is 0.891. The van der Waals surface area contributed by atoms with E-state index in [2.05, 4.69) is 22.0 Å². The van der Waals surface area contributed by atoms with Crippen molar-refractivity contribution < 1.29 is 4.74 Å². The molecule has 5 nitrogen and oxygen atoms in total. The molecule has 0 aromatic carbocycles. The monoisotopic (exact) mass is 252 g/mol. The zero-order valence-corrected chi connectivity index (χ0v) is 11.9. The van der Waals surface area contributed by atoms with Gasteiger partial charge in [-0.05, 0) is 33.3 Å². The quantitative estimate of drug-likeness (QED) is 0.743. The van der Waals surface area contributed by atoms with E-state index in [-0.39, 0.29) is 0 Å². The van der Waals surface area contributed by atoms with E-state index < -0.39 is 0 Å². The van der Waals surface area contributed by atoms with Crippen LogP contribution in [0.4, 0.5) is 5.82 Å². The molecule has 0 aliphatic rings. The van der Waals surface area contributed by atoms with Gasteiger partial charge in [-0.15, -0.1) is 5.10 Å². The van der Waals surface area contributed by atoms with Crippen molar-refractivity contribution in [3.05, 3.63) is 16.8 Å². The van der Waals surface area contributed by atoms with Gasteiger partial charge in [-0.1, -0.05) is 0 Å². The maximum absolute atomic E-state index is 5.84. The van der Waals surface area contributed by atoms with Crippen molar-refractivity contribution >= 4 is 5.82 Å². The van der Waals surface area contributed by atoms with E-state index >= 15 is 0 Å². The molecule has 1 aromatic rings. The molecule has 1 heterocycles. The van der Waals surface area contributed by atoms with Crippen molar-refractivity contribution in [2.75, 3.05) is 31.2 Å². The lowest BCUT2D eigenvalue weighted by Gasteiger charge is -2.24. The average Bonchev–Trinajstić information content (AvgIpc) is 2.38. The zero-order chi connectivity index (χ0) is 13.5. The summed E-state index contributed by atoms with van der Waals surface area (Å²) in [4.78, 5) is 2.16. The Hall–Kier alpha value is -1.20. The third kappa shape index (κ3) is 3.40.